The zero-order chi connectivity index (χ0) is 19.1. The number of nitrogens with zero attached hydrogens (tertiary/aromatic N) is 4. The largest absolute Gasteiger partial charge is 0.379 e. The molecule has 0 bridgehead atoms. The molecule has 2 heterocycles. The van der Waals surface area contributed by atoms with Crippen molar-refractivity contribution in [1.82, 2.24) is 20.1 Å². The second-order valence-corrected chi connectivity index (χ2v) is 8.83. The number of morpholine rings is 1. The average molecular weight is 522 g/mol. The minimum absolute atomic E-state index is 0. The molecule has 160 valence electrons. The molecule has 2 aliphatic rings. The van der Waals surface area contributed by atoms with Crippen molar-refractivity contribution in [1.29, 1.82) is 0 Å². The minimum atomic E-state index is 0. The molecule has 1 saturated heterocycles. The summed E-state index contributed by atoms with van der Waals surface area (Å²) < 4.78 is 5.60. The highest BCUT2D eigenvalue weighted by molar-refractivity contribution is 14.0. The Kier molecular flexibility index (Phi) is 9.92. The summed E-state index contributed by atoms with van der Waals surface area (Å²) in [7, 11) is 2.11. The highest BCUT2D eigenvalue weighted by Crippen LogP contribution is 2.34. The van der Waals surface area contributed by atoms with Crippen LogP contribution in [0.15, 0.2) is 10.4 Å². The summed E-state index contributed by atoms with van der Waals surface area (Å²) in [6, 6.07) is 0. The fourth-order valence-electron chi connectivity index (χ4n) is 4.31. The number of aromatic nitrogens is 1. The van der Waals surface area contributed by atoms with Crippen LogP contribution in [-0.4, -0.2) is 72.7 Å². The molecule has 1 aromatic heterocycles. The molecule has 0 aromatic carbocycles. The van der Waals surface area contributed by atoms with Gasteiger partial charge in [0.05, 0.1) is 37.0 Å². The van der Waals surface area contributed by atoms with Crippen molar-refractivity contribution in [3.8, 4) is 0 Å². The van der Waals surface area contributed by atoms with Gasteiger partial charge in [0.25, 0.3) is 0 Å². The van der Waals surface area contributed by atoms with Gasteiger partial charge in [-0.1, -0.05) is 19.3 Å². The number of ether oxygens (including phenoxy) is 1. The number of guanidine groups is 1. The van der Waals surface area contributed by atoms with Crippen molar-refractivity contribution in [2.75, 3.05) is 46.4 Å². The molecular formula is C20H36IN5OS. The summed E-state index contributed by atoms with van der Waals surface area (Å²) in [6.07, 6.45) is 6.50. The first-order valence-corrected chi connectivity index (χ1v) is 11.2. The summed E-state index contributed by atoms with van der Waals surface area (Å²) in [5, 5.41) is 6.74. The van der Waals surface area contributed by atoms with Gasteiger partial charge in [0, 0.05) is 37.6 Å². The lowest BCUT2D eigenvalue weighted by Gasteiger charge is -2.47. The highest BCUT2D eigenvalue weighted by atomic mass is 127. The van der Waals surface area contributed by atoms with Crippen LogP contribution >= 0.6 is 35.3 Å². The van der Waals surface area contributed by atoms with Crippen molar-refractivity contribution >= 4 is 41.3 Å². The molecule has 28 heavy (non-hydrogen) atoms. The van der Waals surface area contributed by atoms with E-state index >= 15 is 0 Å². The third-order valence-corrected chi connectivity index (χ3v) is 6.57. The molecule has 0 radical (unpaired) electrons. The molecule has 1 saturated carbocycles. The van der Waals surface area contributed by atoms with E-state index in [0.29, 0.717) is 0 Å². The number of halogens is 1. The molecule has 0 unspecified atom stereocenters. The lowest BCUT2D eigenvalue weighted by molar-refractivity contribution is -0.0334. The summed E-state index contributed by atoms with van der Waals surface area (Å²) in [6.45, 7) is 10.5. The van der Waals surface area contributed by atoms with Gasteiger partial charge in [-0.2, -0.15) is 0 Å². The molecule has 6 nitrogen and oxygen atoms in total. The van der Waals surface area contributed by atoms with Crippen molar-refractivity contribution in [3.63, 3.8) is 0 Å². The van der Waals surface area contributed by atoms with Crippen LogP contribution in [0.1, 0.15) is 49.7 Å². The van der Waals surface area contributed by atoms with Gasteiger partial charge in [0.15, 0.2) is 5.96 Å². The third-order valence-electron chi connectivity index (χ3n) is 5.75. The van der Waals surface area contributed by atoms with E-state index in [1.54, 1.807) is 11.3 Å². The minimum Gasteiger partial charge on any atom is -0.379 e. The van der Waals surface area contributed by atoms with E-state index in [2.05, 4.69) is 46.4 Å². The van der Waals surface area contributed by atoms with Crippen LogP contribution in [0.5, 0.6) is 0 Å². The molecule has 3 rings (SSSR count). The van der Waals surface area contributed by atoms with Gasteiger partial charge in [0.2, 0.25) is 0 Å². The molecule has 0 spiro atoms. The number of aliphatic imine (C=N–C) groups is 1. The Morgan fingerprint density at radius 3 is 2.64 bits per heavy atom. The van der Waals surface area contributed by atoms with Crippen LogP contribution in [0, 0.1) is 6.92 Å². The van der Waals surface area contributed by atoms with E-state index in [0.717, 1.165) is 62.6 Å². The number of rotatable bonds is 6. The molecule has 8 heteroatoms. The Morgan fingerprint density at radius 2 is 2.04 bits per heavy atom. The van der Waals surface area contributed by atoms with Gasteiger partial charge < -0.3 is 15.0 Å². The number of hydrogen-bond donors (Lipinski definition) is 1. The molecule has 0 amide bonds. The predicted octanol–water partition coefficient (Wildman–Crippen LogP) is 3.50. The van der Waals surface area contributed by atoms with Gasteiger partial charge >= 0.3 is 0 Å². The van der Waals surface area contributed by atoms with E-state index in [9.17, 15) is 0 Å². The van der Waals surface area contributed by atoms with Gasteiger partial charge in [-0.3, -0.25) is 9.89 Å². The molecule has 2 fully saturated rings. The summed E-state index contributed by atoms with van der Waals surface area (Å²) >= 11 is 1.71. The van der Waals surface area contributed by atoms with Crippen LogP contribution in [0.2, 0.25) is 0 Å². The maximum Gasteiger partial charge on any atom is 0.194 e. The lowest BCUT2D eigenvalue weighted by Crippen LogP contribution is -2.56. The van der Waals surface area contributed by atoms with Crippen molar-refractivity contribution < 1.29 is 4.74 Å². The fourth-order valence-corrected chi connectivity index (χ4v) is 4.92. The van der Waals surface area contributed by atoms with Gasteiger partial charge in [-0.15, -0.1) is 35.3 Å². The van der Waals surface area contributed by atoms with E-state index in [1.165, 1.54) is 32.1 Å². The first-order chi connectivity index (χ1) is 13.1. The Hall–Kier alpha value is -0.450. The Morgan fingerprint density at radius 1 is 1.32 bits per heavy atom. The van der Waals surface area contributed by atoms with Crippen LogP contribution in [0.25, 0.3) is 0 Å². The molecule has 1 aliphatic heterocycles. The van der Waals surface area contributed by atoms with E-state index in [1.807, 2.05) is 0 Å². The average Bonchev–Trinajstić information content (AvgIpc) is 3.11. The van der Waals surface area contributed by atoms with Crippen LogP contribution in [-0.2, 0) is 11.3 Å². The maximum absolute atomic E-state index is 5.60. The normalized spacial score (nSPS) is 20.5. The van der Waals surface area contributed by atoms with Crippen LogP contribution in [0.4, 0.5) is 0 Å². The van der Waals surface area contributed by atoms with Gasteiger partial charge in [0.1, 0.15) is 0 Å². The number of hydrogen-bond acceptors (Lipinski definition) is 5. The molecule has 1 aromatic rings. The Balaban J connectivity index is 0.00000280. The first-order valence-electron chi connectivity index (χ1n) is 10.4. The number of nitrogens with one attached hydrogen (secondary N) is 1. The number of thiazole rings is 1. The SMILES string of the molecule is CCNC(=NCC1(N2CCOCC2)CCCCC1)N(C)Cc1csc(C)n1.I. The fraction of sp³-hybridized carbons (Fsp3) is 0.800. The first kappa shape index (κ1) is 23.8. The van der Waals surface area contributed by atoms with Gasteiger partial charge in [-0.05, 0) is 26.7 Å². The molecule has 0 atom stereocenters. The van der Waals surface area contributed by atoms with E-state index < -0.39 is 0 Å². The van der Waals surface area contributed by atoms with Crippen molar-refractivity contribution in [2.24, 2.45) is 4.99 Å². The topological polar surface area (TPSA) is 53.0 Å². The molecule has 1 N–H and O–H groups in total. The smallest absolute Gasteiger partial charge is 0.194 e. The Bertz CT molecular complexity index is 611. The second-order valence-electron chi connectivity index (χ2n) is 7.77. The predicted molar refractivity (Wildman–Crippen MR) is 128 cm³/mol. The molecule has 1 aliphatic carbocycles. The number of aryl methyl sites for hydroxylation is 1. The van der Waals surface area contributed by atoms with Crippen molar-refractivity contribution in [3.05, 3.63) is 16.1 Å². The van der Waals surface area contributed by atoms with Crippen LogP contribution in [0.3, 0.4) is 0 Å². The zero-order valence-electron chi connectivity index (χ0n) is 17.6. The second kappa shape index (κ2) is 11.7. The summed E-state index contributed by atoms with van der Waals surface area (Å²) in [4.78, 5) is 14.6. The monoisotopic (exact) mass is 521 g/mol. The van der Waals surface area contributed by atoms with E-state index in [-0.39, 0.29) is 29.5 Å². The van der Waals surface area contributed by atoms with Crippen molar-refractivity contribution in [2.45, 2.75) is 58.0 Å². The molecular weight excluding hydrogens is 485 g/mol. The Labute approximate surface area is 191 Å². The zero-order valence-corrected chi connectivity index (χ0v) is 20.7. The lowest BCUT2D eigenvalue weighted by atomic mass is 9.80. The maximum atomic E-state index is 5.60. The summed E-state index contributed by atoms with van der Waals surface area (Å²) in [5.41, 5.74) is 1.33. The third kappa shape index (κ3) is 6.27. The standard InChI is InChI=1S/C20H35N5OS.HI/c1-4-21-19(24(3)14-18-15-27-17(2)23-18)22-16-20(8-6-5-7-9-20)25-10-12-26-13-11-25;/h15H,4-14,16H2,1-3H3,(H,21,22);1H. The quantitative estimate of drug-likeness (QED) is 0.353. The van der Waals surface area contributed by atoms with Gasteiger partial charge in [-0.25, -0.2) is 4.98 Å². The van der Waals surface area contributed by atoms with Crippen LogP contribution < -0.4 is 5.32 Å². The highest BCUT2D eigenvalue weighted by Gasteiger charge is 2.38. The van der Waals surface area contributed by atoms with E-state index in [4.69, 9.17) is 9.73 Å². The summed E-state index contributed by atoms with van der Waals surface area (Å²) in [5.74, 6) is 0.987.